The van der Waals surface area contributed by atoms with Gasteiger partial charge in [0.25, 0.3) is 0 Å². The van der Waals surface area contributed by atoms with Crippen LogP contribution in [0.3, 0.4) is 0 Å². The van der Waals surface area contributed by atoms with Crippen LogP contribution in [0.4, 0.5) is 21.0 Å². The monoisotopic (exact) mass is 516 g/mol. The highest BCUT2D eigenvalue weighted by Crippen LogP contribution is 2.29. The second-order valence-corrected chi connectivity index (χ2v) is 9.46. The first-order chi connectivity index (χ1) is 15.3. The molecule has 0 aromatic heterocycles. The van der Waals surface area contributed by atoms with E-state index in [2.05, 4.69) is 21.3 Å². The van der Waals surface area contributed by atoms with Crippen molar-refractivity contribution in [1.29, 1.82) is 0 Å². The van der Waals surface area contributed by atoms with Crippen molar-refractivity contribution in [3.63, 3.8) is 0 Å². The maximum absolute atomic E-state index is 12.2. The summed E-state index contributed by atoms with van der Waals surface area (Å²) in [6, 6.07) is 9.29. The van der Waals surface area contributed by atoms with Crippen LogP contribution < -0.4 is 21.3 Å². The van der Waals surface area contributed by atoms with Gasteiger partial charge in [0.2, 0.25) is 0 Å². The predicted octanol–water partition coefficient (Wildman–Crippen LogP) is 7.05. The topological polar surface area (TPSA) is 82.3 Å². The molecule has 0 heterocycles. The average molecular weight is 518 g/mol. The molecule has 0 saturated heterocycles. The van der Waals surface area contributed by atoms with E-state index >= 15 is 0 Å². The molecule has 0 bridgehead atoms. The summed E-state index contributed by atoms with van der Waals surface area (Å²) >= 11 is 23.7. The van der Waals surface area contributed by atoms with Crippen LogP contribution in [-0.4, -0.2) is 25.2 Å². The van der Waals surface area contributed by atoms with Crippen LogP contribution in [0.2, 0.25) is 20.1 Å². The third-order valence-corrected chi connectivity index (χ3v) is 6.83. The third kappa shape index (κ3) is 7.62. The van der Waals surface area contributed by atoms with Crippen molar-refractivity contribution in [3.05, 3.63) is 56.5 Å². The molecule has 2 aromatic rings. The Morgan fingerprint density at radius 2 is 1.16 bits per heavy atom. The Kier molecular flexibility index (Phi) is 9.17. The van der Waals surface area contributed by atoms with Crippen molar-refractivity contribution in [2.75, 3.05) is 23.7 Å². The SMILES string of the molecule is O=C(NC[C@H]1CCC[C@H](CNC(=O)Nc2ccc(Cl)c(Cl)c2)C1)Nc1ccc(Cl)c(Cl)c1. The van der Waals surface area contributed by atoms with Crippen LogP contribution in [0.25, 0.3) is 0 Å². The normalized spacial score (nSPS) is 18.0. The summed E-state index contributed by atoms with van der Waals surface area (Å²) in [6.07, 6.45) is 4.07. The zero-order valence-corrected chi connectivity index (χ0v) is 20.2. The van der Waals surface area contributed by atoms with E-state index in [1.807, 2.05) is 0 Å². The highest BCUT2D eigenvalue weighted by atomic mass is 35.5. The van der Waals surface area contributed by atoms with Gasteiger partial charge in [0.1, 0.15) is 0 Å². The molecule has 2 atom stereocenters. The van der Waals surface area contributed by atoms with E-state index in [-0.39, 0.29) is 12.1 Å². The zero-order chi connectivity index (χ0) is 23.1. The van der Waals surface area contributed by atoms with Crippen LogP contribution in [-0.2, 0) is 0 Å². The Balaban J connectivity index is 1.38. The number of carbonyl (C=O) groups excluding carboxylic acids is 2. The fourth-order valence-electron chi connectivity index (χ4n) is 3.75. The van der Waals surface area contributed by atoms with Gasteiger partial charge in [-0.2, -0.15) is 0 Å². The number of benzene rings is 2. The number of halogens is 4. The fraction of sp³-hybridized carbons (Fsp3) is 0.364. The molecule has 0 radical (unpaired) electrons. The standard InChI is InChI=1S/C22H24Cl4N4O2/c23-17-6-4-15(9-19(17)25)29-21(31)27-11-13-2-1-3-14(8-13)12-28-22(32)30-16-5-7-18(24)20(26)10-16/h4-7,9-10,13-14H,1-3,8,11-12H2,(H2,27,29,31)(H2,28,30,32)/t13-,14-/m0/s1. The molecule has 3 rings (SSSR count). The van der Waals surface area contributed by atoms with E-state index in [9.17, 15) is 9.59 Å². The number of anilines is 2. The molecular formula is C22H24Cl4N4O2. The molecule has 4 N–H and O–H groups in total. The summed E-state index contributed by atoms with van der Waals surface area (Å²) in [7, 11) is 0. The molecule has 4 amide bonds. The largest absolute Gasteiger partial charge is 0.338 e. The molecule has 0 aliphatic heterocycles. The summed E-state index contributed by atoms with van der Waals surface area (Å²) in [5.41, 5.74) is 1.16. The number of amides is 4. The Morgan fingerprint density at radius 3 is 1.56 bits per heavy atom. The average Bonchev–Trinajstić information content (AvgIpc) is 2.76. The summed E-state index contributed by atoms with van der Waals surface area (Å²) in [5, 5.41) is 13.0. The first-order valence-corrected chi connectivity index (χ1v) is 11.8. The van der Waals surface area contributed by atoms with E-state index in [0.29, 0.717) is 56.4 Å². The molecule has 1 fully saturated rings. The smallest absolute Gasteiger partial charge is 0.319 e. The van der Waals surface area contributed by atoms with Crippen molar-refractivity contribution in [3.8, 4) is 0 Å². The Hall–Kier alpha value is -1.86. The van der Waals surface area contributed by atoms with Crippen LogP contribution in [0.5, 0.6) is 0 Å². The fourth-order valence-corrected chi connectivity index (χ4v) is 4.34. The maximum Gasteiger partial charge on any atom is 0.319 e. The number of hydrogen-bond acceptors (Lipinski definition) is 2. The molecule has 1 saturated carbocycles. The van der Waals surface area contributed by atoms with Crippen molar-refractivity contribution in [1.82, 2.24) is 10.6 Å². The minimum atomic E-state index is -0.287. The third-order valence-electron chi connectivity index (χ3n) is 5.35. The van der Waals surface area contributed by atoms with E-state index in [1.165, 1.54) is 0 Å². The van der Waals surface area contributed by atoms with Crippen molar-refractivity contribution < 1.29 is 9.59 Å². The van der Waals surface area contributed by atoms with E-state index < -0.39 is 0 Å². The Labute approximate surface area is 207 Å². The first-order valence-electron chi connectivity index (χ1n) is 10.3. The van der Waals surface area contributed by atoms with Gasteiger partial charge in [-0.25, -0.2) is 9.59 Å². The predicted molar refractivity (Wildman–Crippen MR) is 132 cm³/mol. The van der Waals surface area contributed by atoms with Crippen LogP contribution in [0, 0.1) is 11.8 Å². The maximum atomic E-state index is 12.2. The van der Waals surface area contributed by atoms with Crippen LogP contribution >= 0.6 is 46.4 Å². The lowest BCUT2D eigenvalue weighted by Gasteiger charge is -2.29. The minimum absolute atomic E-state index is 0.287. The van der Waals surface area contributed by atoms with Gasteiger partial charge in [-0.1, -0.05) is 52.8 Å². The van der Waals surface area contributed by atoms with Gasteiger partial charge in [0, 0.05) is 24.5 Å². The summed E-state index contributed by atoms with van der Waals surface area (Å²) in [6.45, 7) is 1.14. The van der Waals surface area contributed by atoms with Crippen LogP contribution in [0.15, 0.2) is 36.4 Å². The van der Waals surface area contributed by atoms with Gasteiger partial charge in [-0.15, -0.1) is 0 Å². The molecule has 2 aromatic carbocycles. The van der Waals surface area contributed by atoms with E-state index in [1.54, 1.807) is 36.4 Å². The van der Waals surface area contributed by atoms with Gasteiger partial charge in [-0.05, 0) is 67.5 Å². The number of hydrogen-bond donors (Lipinski definition) is 4. The molecule has 1 aliphatic rings. The van der Waals surface area contributed by atoms with Gasteiger partial charge in [0.05, 0.1) is 20.1 Å². The van der Waals surface area contributed by atoms with Gasteiger partial charge in [-0.3, -0.25) is 0 Å². The lowest BCUT2D eigenvalue weighted by molar-refractivity contribution is 0.230. The molecule has 32 heavy (non-hydrogen) atoms. The minimum Gasteiger partial charge on any atom is -0.338 e. The highest BCUT2D eigenvalue weighted by Gasteiger charge is 2.23. The number of nitrogens with one attached hydrogen (secondary N) is 4. The Morgan fingerprint density at radius 1 is 0.719 bits per heavy atom. The number of urea groups is 2. The van der Waals surface area contributed by atoms with Gasteiger partial charge < -0.3 is 21.3 Å². The summed E-state index contributed by atoms with van der Waals surface area (Å²) in [5.74, 6) is 0.710. The van der Waals surface area contributed by atoms with Crippen molar-refractivity contribution >= 4 is 69.8 Å². The molecular weight excluding hydrogens is 494 g/mol. The number of carbonyl (C=O) groups is 2. The van der Waals surface area contributed by atoms with E-state index in [4.69, 9.17) is 46.4 Å². The highest BCUT2D eigenvalue weighted by molar-refractivity contribution is 6.42. The van der Waals surface area contributed by atoms with Crippen molar-refractivity contribution in [2.24, 2.45) is 11.8 Å². The number of rotatable bonds is 6. The molecule has 6 nitrogen and oxygen atoms in total. The molecule has 10 heteroatoms. The van der Waals surface area contributed by atoms with Gasteiger partial charge >= 0.3 is 12.1 Å². The van der Waals surface area contributed by atoms with Gasteiger partial charge in [0.15, 0.2) is 0 Å². The van der Waals surface area contributed by atoms with E-state index in [0.717, 1.165) is 25.7 Å². The van der Waals surface area contributed by atoms with Crippen LogP contribution in [0.1, 0.15) is 25.7 Å². The zero-order valence-electron chi connectivity index (χ0n) is 17.2. The lowest BCUT2D eigenvalue weighted by atomic mass is 9.81. The molecule has 1 aliphatic carbocycles. The van der Waals surface area contributed by atoms with Crippen molar-refractivity contribution in [2.45, 2.75) is 25.7 Å². The summed E-state index contributed by atoms with van der Waals surface area (Å²) in [4.78, 5) is 24.4. The second kappa shape index (κ2) is 11.8. The summed E-state index contributed by atoms with van der Waals surface area (Å²) < 4.78 is 0. The quantitative estimate of drug-likeness (QED) is 0.331. The second-order valence-electron chi connectivity index (χ2n) is 7.83. The molecule has 172 valence electrons. The molecule has 0 spiro atoms. The lowest BCUT2D eigenvalue weighted by Crippen LogP contribution is -2.38. The first kappa shape index (κ1) is 24.8. The molecule has 0 unspecified atom stereocenters. The Bertz CT molecular complexity index is 897.